The van der Waals surface area contributed by atoms with Crippen molar-refractivity contribution in [2.75, 3.05) is 32.7 Å². The van der Waals surface area contributed by atoms with E-state index in [9.17, 15) is 4.79 Å². The van der Waals surface area contributed by atoms with Crippen LogP contribution in [0.1, 0.15) is 27.2 Å². The minimum Gasteiger partial charge on any atom is -0.478 e. The summed E-state index contributed by atoms with van der Waals surface area (Å²) in [5.41, 5.74) is 0.439. The van der Waals surface area contributed by atoms with Crippen LogP contribution in [-0.4, -0.2) is 59.6 Å². The van der Waals surface area contributed by atoms with Crippen LogP contribution in [0.25, 0.3) is 0 Å². The molecule has 0 amide bonds. The van der Waals surface area contributed by atoms with Crippen LogP contribution < -0.4 is 0 Å². The average molecular weight is 240 g/mol. The first-order valence-corrected chi connectivity index (χ1v) is 6.41. The molecule has 1 N–H and O–H groups in total. The fourth-order valence-electron chi connectivity index (χ4n) is 2.00. The maximum atomic E-state index is 10.7. The van der Waals surface area contributed by atoms with Gasteiger partial charge >= 0.3 is 5.97 Å². The Hall–Kier alpha value is -0.870. The Morgan fingerprint density at radius 3 is 2.41 bits per heavy atom. The molecule has 0 aromatic heterocycles. The van der Waals surface area contributed by atoms with Crippen molar-refractivity contribution in [1.82, 2.24) is 9.80 Å². The quantitative estimate of drug-likeness (QED) is 0.738. The van der Waals surface area contributed by atoms with Crippen LogP contribution in [0.3, 0.4) is 0 Å². The molecule has 4 nitrogen and oxygen atoms in total. The molecule has 0 spiro atoms. The van der Waals surface area contributed by atoms with E-state index < -0.39 is 5.97 Å². The summed E-state index contributed by atoms with van der Waals surface area (Å²) >= 11 is 0. The van der Waals surface area contributed by atoms with Gasteiger partial charge in [0.05, 0.1) is 0 Å². The largest absolute Gasteiger partial charge is 0.478 e. The number of aliphatic carboxylic acids is 1. The first kappa shape index (κ1) is 14.2. The van der Waals surface area contributed by atoms with Crippen LogP contribution in [-0.2, 0) is 4.79 Å². The van der Waals surface area contributed by atoms with Crippen LogP contribution in [0, 0.1) is 0 Å². The second-order valence-corrected chi connectivity index (χ2v) is 4.79. The molecule has 1 atom stereocenters. The topological polar surface area (TPSA) is 43.8 Å². The van der Waals surface area contributed by atoms with Crippen molar-refractivity contribution in [1.29, 1.82) is 0 Å². The number of nitrogens with zero attached hydrogens (tertiary/aromatic N) is 2. The first-order valence-electron chi connectivity index (χ1n) is 6.41. The zero-order valence-corrected chi connectivity index (χ0v) is 11.1. The Bertz CT molecular complexity index is 281. The van der Waals surface area contributed by atoms with Crippen molar-refractivity contribution >= 4 is 5.97 Å². The predicted molar refractivity (Wildman–Crippen MR) is 69.2 cm³/mol. The van der Waals surface area contributed by atoms with E-state index in [2.05, 4.69) is 23.6 Å². The summed E-state index contributed by atoms with van der Waals surface area (Å²) < 4.78 is 0. The van der Waals surface area contributed by atoms with Gasteiger partial charge in [0.15, 0.2) is 0 Å². The van der Waals surface area contributed by atoms with Crippen LogP contribution in [0.15, 0.2) is 11.6 Å². The molecule has 98 valence electrons. The Labute approximate surface area is 104 Å². The first-order chi connectivity index (χ1) is 8.04. The standard InChI is InChI=1S/C13H24N2O2/c1-4-12(3)15-9-7-14(8-10-15)6-5-11(2)13(16)17/h5,12H,4,6-10H2,1-3H3,(H,16,17). The fraction of sp³-hybridized carbons (Fsp3) is 0.769. The second kappa shape index (κ2) is 6.77. The monoisotopic (exact) mass is 240 g/mol. The normalized spacial score (nSPS) is 21.5. The van der Waals surface area contributed by atoms with Gasteiger partial charge in [-0.15, -0.1) is 0 Å². The Morgan fingerprint density at radius 2 is 1.94 bits per heavy atom. The molecule has 0 aromatic rings. The highest BCUT2D eigenvalue weighted by atomic mass is 16.4. The highest BCUT2D eigenvalue weighted by molar-refractivity contribution is 5.85. The molecular formula is C13H24N2O2. The molecule has 1 saturated heterocycles. The third-order valence-electron chi connectivity index (χ3n) is 3.61. The SMILES string of the molecule is CCC(C)N1CCN(CC=C(C)C(=O)O)CC1. The molecule has 1 aliphatic heterocycles. The van der Waals surface area contributed by atoms with E-state index >= 15 is 0 Å². The van der Waals surface area contributed by atoms with Gasteiger partial charge in [-0.1, -0.05) is 13.0 Å². The lowest BCUT2D eigenvalue weighted by Gasteiger charge is -2.37. The lowest BCUT2D eigenvalue weighted by Crippen LogP contribution is -2.49. The van der Waals surface area contributed by atoms with Crippen LogP contribution in [0.2, 0.25) is 0 Å². The molecule has 0 aliphatic carbocycles. The third-order valence-corrected chi connectivity index (χ3v) is 3.61. The van der Waals surface area contributed by atoms with E-state index in [0.29, 0.717) is 11.6 Å². The smallest absolute Gasteiger partial charge is 0.330 e. The molecule has 1 rings (SSSR count). The summed E-state index contributed by atoms with van der Waals surface area (Å²) in [4.78, 5) is 15.5. The van der Waals surface area contributed by atoms with Gasteiger partial charge in [0.2, 0.25) is 0 Å². The van der Waals surface area contributed by atoms with Crippen molar-refractivity contribution < 1.29 is 9.90 Å². The molecule has 1 aliphatic rings. The number of carbonyl (C=O) groups is 1. The van der Waals surface area contributed by atoms with E-state index in [1.54, 1.807) is 13.0 Å². The van der Waals surface area contributed by atoms with Gasteiger partial charge < -0.3 is 5.11 Å². The summed E-state index contributed by atoms with van der Waals surface area (Å²) in [5, 5.41) is 8.76. The molecule has 0 aromatic carbocycles. The molecule has 1 unspecified atom stereocenters. The van der Waals surface area contributed by atoms with Crippen molar-refractivity contribution in [3.63, 3.8) is 0 Å². The summed E-state index contributed by atoms with van der Waals surface area (Å²) in [6, 6.07) is 0.661. The number of rotatable bonds is 5. The molecule has 4 heteroatoms. The summed E-state index contributed by atoms with van der Waals surface area (Å²) in [6.45, 7) is 11.1. The molecular weight excluding hydrogens is 216 g/mol. The van der Waals surface area contributed by atoms with Crippen molar-refractivity contribution in [3.8, 4) is 0 Å². The highest BCUT2D eigenvalue weighted by Crippen LogP contribution is 2.08. The lowest BCUT2D eigenvalue weighted by molar-refractivity contribution is -0.132. The zero-order valence-electron chi connectivity index (χ0n) is 11.1. The highest BCUT2D eigenvalue weighted by Gasteiger charge is 2.19. The van der Waals surface area contributed by atoms with E-state index in [4.69, 9.17) is 5.11 Å². The van der Waals surface area contributed by atoms with Crippen molar-refractivity contribution in [2.45, 2.75) is 33.2 Å². The Kier molecular flexibility index (Phi) is 5.65. The molecule has 0 radical (unpaired) electrons. The minimum absolute atomic E-state index is 0.439. The number of hydrogen-bond acceptors (Lipinski definition) is 3. The van der Waals surface area contributed by atoms with Gasteiger partial charge in [0, 0.05) is 44.3 Å². The second-order valence-electron chi connectivity index (χ2n) is 4.79. The summed E-state index contributed by atoms with van der Waals surface area (Å²) in [6.07, 6.45) is 3.00. The maximum absolute atomic E-state index is 10.7. The van der Waals surface area contributed by atoms with Gasteiger partial charge in [-0.05, 0) is 20.3 Å². The number of carboxylic acid groups (broad SMARTS) is 1. The fourth-order valence-corrected chi connectivity index (χ4v) is 2.00. The van der Waals surface area contributed by atoms with Crippen LogP contribution in [0.4, 0.5) is 0 Å². The molecule has 17 heavy (non-hydrogen) atoms. The van der Waals surface area contributed by atoms with Gasteiger partial charge in [0.1, 0.15) is 0 Å². The van der Waals surface area contributed by atoms with Crippen LogP contribution in [0.5, 0.6) is 0 Å². The molecule has 0 saturated carbocycles. The Morgan fingerprint density at radius 1 is 1.35 bits per heavy atom. The Balaban J connectivity index is 2.33. The van der Waals surface area contributed by atoms with Crippen molar-refractivity contribution in [2.24, 2.45) is 0 Å². The molecule has 1 fully saturated rings. The summed E-state index contributed by atoms with van der Waals surface area (Å²) in [7, 11) is 0. The van der Waals surface area contributed by atoms with E-state index in [-0.39, 0.29) is 0 Å². The van der Waals surface area contributed by atoms with Gasteiger partial charge in [-0.25, -0.2) is 4.79 Å². The van der Waals surface area contributed by atoms with Gasteiger partial charge in [-0.3, -0.25) is 9.80 Å². The predicted octanol–water partition coefficient (Wildman–Crippen LogP) is 1.43. The van der Waals surface area contributed by atoms with E-state index in [1.165, 1.54) is 6.42 Å². The molecule has 0 bridgehead atoms. The van der Waals surface area contributed by atoms with E-state index in [0.717, 1.165) is 32.7 Å². The van der Waals surface area contributed by atoms with Crippen LogP contribution >= 0.6 is 0 Å². The number of carboxylic acids is 1. The summed E-state index contributed by atoms with van der Waals surface area (Å²) in [5.74, 6) is -0.816. The zero-order chi connectivity index (χ0) is 12.8. The van der Waals surface area contributed by atoms with E-state index in [1.807, 2.05) is 0 Å². The number of piperazine rings is 1. The number of hydrogen-bond donors (Lipinski definition) is 1. The molecule has 1 heterocycles. The average Bonchev–Trinajstić information content (AvgIpc) is 2.35. The van der Waals surface area contributed by atoms with Gasteiger partial charge in [-0.2, -0.15) is 0 Å². The lowest BCUT2D eigenvalue weighted by atomic mass is 10.2. The van der Waals surface area contributed by atoms with Crippen molar-refractivity contribution in [3.05, 3.63) is 11.6 Å². The third kappa shape index (κ3) is 4.48. The maximum Gasteiger partial charge on any atom is 0.330 e. The van der Waals surface area contributed by atoms with Gasteiger partial charge in [0.25, 0.3) is 0 Å². The minimum atomic E-state index is -0.816.